The van der Waals surface area contributed by atoms with Gasteiger partial charge in [0.05, 0.1) is 0 Å². The summed E-state index contributed by atoms with van der Waals surface area (Å²) in [5, 5.41) is 5.94. The van der Waals surface area contributed by atoms with Gasteiger partial charge >= 0.3 is 0 Å². The maximum atomic E-state index is 11.8. The van der Waals surface area contributed by atoms with Gasteiger partial charge in [0.25, 0.3) is 5.56 Å². The first-order chi connectivity index (χ1) is 10.6. The van der Waals surface area contributed by atoms with Crippen molar-refractivity contribution in [2.24, 2.45) is 0 Å². The molecule has 5 nitrogen and oxygen atoms in total. The van der Waals surface area contributed by atoms with E-state index >= 15 is 0 Å². The highest BCUT2D eigenvalue weighted by Gasteiger charge is 2.23. The van der Waals surface area contributed by atoms with E-state index in [-0.39, 0.29) is 5.56 Å². The summed E-state index contributed by atoms with van der Waals surface area (Å²) < 4.78 is 2.44. The quantitative estimate of drug-likeness (QED) is 0.633. The van der Waals surface area contributed by atoms with Crippen LogP contribution in [-0.2, 0) is 13.0 Å². The fourth-order valence-electron chi connectivity index (χ4n) is 2.62. The van der Waals surface area contributed by atoms with Gasteiger partial charge in [-0.3, -0.25) is 4.79 Å². The first-order valence-electron chi connectivity index (χ1n) is 6.69. The van der Waals surface area contributed by atoms with Gasteiger partial charge in [0.2, 0.25) is 10.1 Å². The highest BCUT2D eigenvalue weighted by molar-refractivity contribution is 9.10. The molecule has 0 fully saturated rings. The van der Waals surface area contributed by atoms with Gasteiger partial charge in [0.1, 0.15) is 0 Å². The lowest BCUT2D eigenvalue weighted by molar-refractivity contribution is 0.715. The number of rotatable bonds is 1. The summed E-state index contributed by atoms with van der Waals surface area (Å²) in [5.41, 5.74) is 2.20. The topological polar surface area (TPSA) is 50.5 Å². The lowest BCUT2D eigenvalue weighted by atomic mass is 10.0. The molecule has 3 aromatic rings. The Morgan fingerprint density at radius 2 is 2.14 bits per heavy atom. The minimum absolute atomic E-state index is 0.161. The zero-order valence-corrected chi connectivity index (χ0v) is 14.5. The number of fused-ring (bicyclic) bond motifs is 2. The molecule has 0 atom stereocenters. The summed E-state index contributed by atoms with van der Waals surface area (Å²) in [7, 11) is 0. The van der Waals surface area contributed by atoms with Gasteiger partial charge in [-0.1, -0.05) is 38.9 Å². The Balaban J connectivity index is 1.76. The van der Waals surface area contributed by atoms with E-state index < -0.39 is 0 Å². The molecule has 4 rings (SSSR count). The third-order valence-electron chi connectivity index (χ3n) is 3.73. The van der Waals surface area contributed by atoms with E-state index in [0.717, 1.165) is 33.2 Å². The summed E-state index contributed by atoms with van der Waals surface area (Å²) in [4.78, 5) is 18.7. The van der Waals surface area contributed by atoms with Gasteiger partial charge in [-0.2, -0.15) is 4.52 Å². The molecular weight excluding hydrogens is 388 g/mol. The molecule has 3 heterocycles. The predicted octanol–water partition coefficient (Wildman–Crippen LogP) is 3.13. The number of nitrogens with zero attached hydrogens (tertiary/aromatic N) is 4. The molecule has 0 N–H and O–H groups in total. The van der Waals surface area contributed by atoms with Crippen LogP contribution in [0.3, 0.4) is 0 Å². The van der Waals surface area contributed by atoms with Crippen molar-refractivity contribution < 1.29 is 0 Å². The predicted molar refractivity (Wildman–Crippen MR) is 91.0 cm³/mol. The first-order valence-corrected chi connectivity index (χ1v) is 8.68. The molecular formula is C14H10BrClN4OS. The molecule has 8 heteroatoms. The Morgan fingerprint density at radius 1 is 1.27 bits per heavy atom. The van der Waals surface area contributed by atoms with Crippen LogP contribution < -0.4 is 10.5 Å². The Kier molecular flexibility index (Phi) is 3.43. The fraction of sp³-hybridized carbons (Fsp3) is 0.214. The van der Waals surface area contributed by atoms with Crippen LogP contribution in [0.2, 0.25) is 5.02 Å². The van der Waals surface area contributed by atoms with Crippen LogP contribution >= 0.6 is 38.9 Å². The fourth-order valence-corrected chi connectivity index (χ4v) is 4.33. The number of aromatic nitrogens is 3. The van der Waals surface area contributed by atoms with Crippen molar-refractivity contribution in [3.05, 3.63) is 55.4 Å². The average molecular weight is 398 g/mol. The van der Waals surface area contributed by atoms with Crippen molar-refractivity contribution in [1.82, 2.24) is 14.6 Å². The van der Waals surface area contributed by atoms with Gasteiger partial charge in [0.15, 0.2) is 0 Å². The second-order valence-corrected chi connectivity index (χ2v) is 7.22. The second-order valence-electron chi connectivity index (χ2n) is 5.02. The smallest absolute Gasteiger partial charge is 0.275 e. The molecule has 2 aromatic heterocycles. The number of benzene rings is 1. The normalized spacial score (nSPS) is 14.4. The summed E-state index contributed by atoms with van der Waals surface area (Å²) in [6, 6.07) is 5.30. The van der Waals surface area contributed by atoms with E-state index in [1.54, 1.807) is 0 Å². The van der Waals surface area contributed by atoms with Crippen LogP contribution in [0.1, 0.15) is 11.1 Å². The van der Waals surface area contributed by atoms with Crippen LogP contribution in [0, 0.1) is 0 Å². The molecule has 0 bridgehead atoms. The molecule has 112 valence electrons. The summed E-state index contributed by atoms with van der Waals surface area (Å²) in [6.07, 6.45) is 2.40. The maximum absolute atomic E-state index is 11.8. The Morgan fingerprint density at radius 3 is 2.95 bits per heavy atom. The van der Waals surface area contributed by atoms with Crippen LogP contribution in [0.25, 0.3) is 4.96 Å². The Hall–Kier alpha value is -1.44. The van der Waals surface area contributed by atoms with E-state index in [1.165, 1.54) is 33.7 Å². The molecule has 1 aliphatic rings. The van der Waals surface area contributed by atoms with Crippen molar-refractivity contribution in [2.45, 2.75) is 13.0 Å². The van der Waals surface area contributed by atoms with E-state index in [2.05, 4.69) is 30.9 Å². The lowest BCUT2D eigenvalue weighted by Crippen LogP contribution is -2.31. The average Bonchev–Trinajstić information content (AvgIpc) is 2.96. The molecule has 22 heavy (non-hydrogen) atoms. The monoisotopic (exact) mass is 396 g/mol. The van der Waals surface area contributed by atoms with Crippen molar-refractivity contribution in [3.63, 3.8) is 0 Å². The molecule has 0 saturated carbocycles. The van der Waals surface area contributed by atoms with Crippen LogP contribution in [0.4, 0.5) is 5.13 Å². The third kappa shape index (κ3) is 2.24. The Bertz CT molecular complexity index is 938. The highest BCUT2D eigenvalue weighted by atomic mass is 79.9. The minimum Gasteiger partial charge on any atom is -0.342 e. The van der Waals surface area contributed by atoms with Crippen LogP contribution in [0.5, 0.6) is 0 Å². The molecule has 0 radical (unpaired) electrons. The highest BCUT2D eigenvalue weighted by Crippen LogP contribution is 2.34. The zero-order valence-electron chi connectivity index (χ0n) is 11.3. The number of hydrogen-bond acceptors (Lipinski definition) is 5. The van der Waals surface area contributed by atoms with E-state index in [4.69, 9.17) is 11.6 Å². The molecule has 1 aromatic carbocycles. The van der Waals surface area contributed by atoms with Gasteiger partial charge in [-0.05, 0) is 29.7 Å². The van der Waals surface area contributed by atoms with Crippen LogP contribution in [0.15, 0.2) is 33.7 Å². The molecule has 0 spiro atoms. The minimum atomic E-state index is -0.161. The molecule has 0 saturated heterocycles. The number of hydrogen-bond donors (Lipinski definition) is 0. The van der Waals surface area contributed by atoms with Gasteiger partial charge < -0.3 is 4.90 Å². The summed E-state index contributed by atoms with van der Waals surface area (Å²) in [6.45, 7) is 1.52. The van der Waals surface area contributed by atoms with Gasteiger partial charge in [-0.25, -0.2) is 4.98 Å². The van der Waals surface area contributed by atoms with Crippen molar-refractivity contribution in [3.8, 4) is 0 Å². The SMILES string of the molecule is O=c1ccnc2sc(N3CCc4c(Br)ccc(Cl)c4C3)nn12. The zero-order chi connectivity index (χ0) is 15.3. The molecule has 1 aliphatic heterocycles. The summed E-state index contributed by atoms with van der Waals surface area (Å²) >= 11 is 11.3. The molecule has 0 amide bonds. The number of anilines is 1. The summed E-state index contributed by atoms with van der Waals surface area (Å²) in [5.74, 6) is 0. The molecule has 0 unspecified atom stereocenters. The van der Waals surface area contributed by atoms with E-state index in [9.17, 15) is 4.79 Å². The van der Waals surface area contributed by atoms with Crippen LogP contribution in [-0.4, -0.2) is 21.1 Å². The second kappa shape index (κ2) is 5.33. The van der Waals surface area contributed by atoms with Crippen molar-refractivity contribution in [1.29, 1.82) is 0 Å². The van der Waals surface area contributed by atoms with Gasteiger partial charge in [0, 0.05) is 34.8 Å². The van der Waals surface area contributed by atoms with Crippen molar-refractivity contribution >= 4 is 49.0 Å². The largest absolute Gasteiger partial charge is 0.342 e. The Labute approximate surface area is 143 Å². The van der Waals surface area contributed by atoms with E-state index in [1.807, 2.05) is 12.1 Å². The van der Waals surface area contributed by atoms with Crippen molar-refractivity contribution in [2.75, 3.05) is 11.4 Å². The standard InChI is InChI=1S/C14H10BrClN4OS/c15-10-1-2-11(16)9-7-19(6-4-8(9)10)14-18-20-12(21)3-5-17-13(20)22-14/h1-3,5H,4,6-7H2. The first kappa shape index (κ1) is 14.2. The maximum Gasteiger partial charge on any atom is 0.275 e. The molecule has 0 aliphatic carbocycles. The van der Waals surface area contributed by atoms with E-state index in [0.29, 0.717) is 11.5 Å². The third-order valence-corrected chi connectivity index (χ3v) is 5.81. The number of halogens is 2. The van der Waals surface area contributed by atoms with Gasteiger partial charge in [-0.15, -0.1) is 5.10 Å². The lowest BCUT2D eigenvalue weighted by Gasteiger charge is -2.29.